The molecule has 0 aromatic heterocycles. The molecule has 0 aromatic rings. The lowest BCUT2D eigenvalue weighted by Gasteiger charge is -2.73. The zero-order chi connectivity index (χ0) is 49.8. The van der Waals surface area contributed by atoms with Gasteiger partial charge in [-0.25, -0.2) is 0 Å². The first kappa shape index (κ1) is 53.3. The normalized spacial score (nSPS) is 55.8. The molecule has 392 valence electrons. The summed E-state index contributed by atoms with van der Waals surface area (Å²) < 4.78 is 43.8. The van der Waals surface area contributed by atoms with Crippen LogP contribution in [0.5, 0.6) is 0 Å². The monoisotopic (exact) mass is 975 g/mol. The fourth-order valence-electron chi connectivity index (χ4n) is 15.5. The van der Waals surface area contributed by atoms with Gasteiger partial charge in [-0.3, -0.25) is 0 Å². The largest absolute Gasteiger partial charge is 0.396 e. The molecule has 3 saturated heterocycles. The van der Waals surface area contributed by atoms with E-state index in [1.165, 1.54) is 12.5 Å². The van der Waals surface area contributed by atoms with E-state index in [4.69, 9.17) is 33.2 Å². The Kier molecular flexibility index (Phi) is 14.9. The molecular weight excluding hydrogens is 893 g/mol. The first-order valence-corrected chi connectivity index (χ1v) is 24.9. The summed E-state index contributed by atoms with van der Waals surface area (Å²) >= 11 is 0. The van der Waals surface area contributed by atoms with E-state index in [2.05, 4.69) is 40.7 Å². The molecule has 8 rings (SSSR count). The standard InChI is InChI=1S/C49H82O19/c1-22-31(55)38(67-41-36(60)34(58)32(56)26(18-50)64-41)39(68-42-37(61)35(59)33(57)27(19-51)65-42)43(63-22)66-30-10-11-45(4)28(46(30,5)20-52)9-12-47(6)40(45)25(62-8)15-23-24-16-44(2,3)13-14-49(24,21-53)29(54)17-48(23,47)7/h15,22,24-43,50-61H,9-14,16-21H2,1-8H3/t22-,24?,25?,26-,27-,28?,29?,30?,31+,32-,33-,34+,35+,36-,37-,38+,39-,40?,41+,42+,43+,45+,46+,47-,48-,49?/m1/s1. The predicted molar refractivity (Wildman–Crippen MR) is 238 cm³/mol. The summed E-state index contributed by atoms with van der Waals surface area (Å²) in [6.07, 6.45) is -18.5. The molecule has 8 aliphatic rings. The predicted octanol–water partition coefficient (Wildman–Crippen LogP) is -0.790. The molecule has 4 saturated carbocycles. The highest BCUT2D eigenvalue weighted by Gasteiger charge is 2.72. The molecule has 5 aliphatic carbocycles. The van der Waals surface area contributed by atoms with Gasteiger partial charge in [0.25, 0.3) is 0 Å². The quantitative estimate of drug-likeness (QED) is 0.0892. The Morgan fingerprint density at radius 1 is 0.618 bits per heavy atom. The van der Waals surface area contributed by atoms with Crippen molar-refractivity contribution < 1.29 is 94.4 Å². The van der Waals surface area contributed by atoms with Crippen molar-refractivity contribution in [2.24, 2.45) is 50.2 Å². The third kappa shape index (κ3) is 8.12. The number of hydrogen-bond donors (Lipinski definition) is 12. The van der Waals surface area contributed by atoms with Crippen LogP contribution >= 0.6 is 0 Å². The first-order valence-electron chi connectivity index (χ1n) is 24.9. The van der Waals surface area contributed by atoms with Gasteiger partial charge in [-0.2, -0.15) is 0 Å². The van der Waals surface area contributed by atoms with E-state index < -0.39 is 139 Å². The molecule has 12 N–H and O–H groups in total. The molecule has 26 atom stereocenters. The molecular formula is C49H82O19. The van der Waals surface area contributed by atoms with E-state index in [0.717, 1.165) is 25.7 Å². The maximum Gasteiger partial charge on any atom is 0.187 e. The molecule has 0 aromatic carbocycles. The van der Waals surface area contributed by atoms with Gasteiger partial charge in [-0.1, -0.05) is 53.2 Å². The summed E-state index contributed by atoms with van der Waals surface area (Å²) in [6, 6.07) is 0. The molecule has 0 radical (unpaired) electrons. The van der Waals surface area contributed by atoms with Gasteiger partial charge in [0.1, 0.15) is 67.1 Å². The molecule has 3 aliphatic heterocycles. The maximum atomic E-state index is 12.2. The molecule has 7 fully saturated rings. The van der Waals surface area contributed by atoms with Gasteiger partial charge in [-0.15, -0.1) is 0 Å². The van der Waals surface area contributed by atoms with Crippen LogP contribution in [0.15, 0.2) is 11.6 Å². The number of aliphatic hydroxyl groups is 12. The van der Waals surface area contributed by atoms with Crippen molar-refractivity contribution >= 4 is 0 Å². The van der Waals surface area contributed by atoms with Gasteiger partial charge in [0, 0.05) is 23.9 Å². The number of hydrogen-bond acceptors (Lipinski definition) is 19. The van der Waals surface area contributed by atoms with Crippen molar-refractivity contribution in [2.45, 2.75) is 210 Å². The number of aliphatic hydroxyl groups excluding tert-OH is 12. The smallest absolute Gasteiger partial charge is 0.187 e. The van der Waals surface area contributed by atoms with Crippen molar-refractivity contribution in [2.75, 3.05) is 33.5 Å². The number of allylic oxidation sites excluding steroid dienone is 1. The van der Waals surface area contributed by atoms with E-state index >= 15 is 0 Å². The third-order valence-electron chi connectivity index (χ3n) is 19.8. The van der Waals surface area contributed by atoms with Gasteiger partial charge < -0.3 is 94.4 Å². The van der Waals surface area contributed by atoms with E-state index in [-0.39, 0.29) is 47.9 Å². The number of ether oxygens (including phenoxy) is 7. The van der Waals surface area contributed by atoms with E-state index in [1.807, 2.05) is 6.92 Å². The second-order valence-corrected chi connectivity index (χ2v) is 23.8. The molecule has 0 amide bonds. The summed E-state index contributed by atoms with van der Waals surface area (Å²) in [7, 11) is 1.74. The van der Waals surface area contributed by atoms with Crippen molar-refractivity contribution in [3.05, 3.63) is 11.6 Å². The average molecular weight is 975 g/mol. The highest BCUT2D eigenvalue weighted by atomic mass is 16.8. The first-order chi connectivity index (χ1) is 31.9. The van der Waals surface area contributed by atoms with Crippen molar-refractivity contribution in [1.82, 2.24) is 0 Å². The molecule has 3 heterocycles. The molecule has 19 nitrogen and oxygen atoms in total. The third-order valence-corrected chi connectivity index (χ3v) is 19.8. The minimum Gasteiger partial charge on any atom is -0.396 e. The van der Waals surface area contributed by atoms with Crippen molar-refractivity contribution in [3.8, 4) is 0 Å². The highest BCUT2D eigenvalue weighted by molar-refractivity contribution is 5.37. The topological polar surface area (TPSA) is 307 Å². The zero-order valence-electron chi connectivity index (χ0n) is 40.9. The minimum atomic E-state index is -1.90. The Morgan fingerprint density at radius 3 is 1.75 bits per heavy atom. The number of fused-ring (bicyclic) bond motifs is 7. The lowest BCUT2D eigenvalue weighted by atomic mass is 9.32. The van der Waals surface area contributed by atoms with E-state index in [9.17, 15) is 61.3 Å². The molecule has 7 unspecified atom stereocenters. The van der Waals surface area contributed by atoms with Crippen LogP contribution in [0.3, 0.4) is 0 Å². The molecule has 0 bridgehead atoms. The van der Waals surface area contributed by atoms with Crippen molar-refractivity contribution in [1.29, 1.82) is 0 Å². The van der Waals surface area contributed by atoms with Gasteiger partial charge in [0.2, 0.25) is 0 Å². The second kappa shape index (κ2) is 19.0. The van der Waals surface area contributed by atoms with Gasteiger partial charge in [-0.05, 0) is 91.8 Å². The van der Waals surface area contributed by atoms with Gasteiger partial charge in [0.05, 0.1) is 50.8 Å². The lowest BCUT2D eigenvalue weighted by molar-refractivity contribution is -0.398. The summed E-state index contributed by atoms with van der Waals surface area (Å²) in [5.74, 6) is -0.255. The minimum absolute atomic E-state index is 0.0241. The fraction of sp³-hybridized carbons (Fsp3) is 0.959. The highest BCUT2D eigenvalue weighted by Crippen LogP contribution is 2.76. The Balaban J connectivity index is 1.13. The Hall–Kier alpha value is -1.02. The van der Waals surface area contributed by atoms with Crippen LogP contribution in [0.25, 0.3) is 0 Å². The fourth-order valence-corrected chi connectivity index (χ4v) is 15.5. The van der Waals surface area contributed by atoms with Crippen LogP contribution in [-0.4, -0.2) is 205 Å². The maximum absolute atomic E-state index is 12.2. The molecule has 19 heteroatoms. The van der Waals surface area contributed by atoms with Crippen LogP contribution in [-0.2, 0) is 33.2 Å². The van der Waals surface area contributed by atoms with Crippen LogP contribution in [0.4, 0.5) is 0 Å². The summed E-state index contributed by atoms with van der Waals surface area (Å²) in [6.45, 7) is 13.1. The Labute approximate surface area is 399 Å². The summed E-state index contributed by atoms with van der Waals surface area (Å²) in [4.78, 5) is 0. The zero-order valence-corrected chi connectivity index (χ0v) is 40.9. The summed E-state index contributed by atoms with van der Waals surface area (Å²) in [5.41, 5.74) is -1.53. The van der Waals surface area contributed by atoms with E-state index in [1.54, 1.807) is 7.11 Å². The van der Waals surface area contributed by atoms with Gasteiger partial charge >= 0.3 is 0 Å². The van der Waals surface area contributed by atoms with E-state index in [0.29, 0.717) is 25.7 Å². The van der Waals surface area contributed by atoms with Crippen LogP contribution < -0.4 is 0 Å². The number of methoxy groups -OCH3 is 1. The van der Waals surface area contributed by atoms with Crippen LogP contribution in [0.1, 0.15) is 99.8 Å². The number of rotatable bonds is 11. The molecule has 68 heavy (non-hydrogen) atoms. The van der Waals surface area contributed by atoms with Gasteiger partial charge in [0.15, 0.2) is 18.9 Å². The molecule has 0 spiro atoms. The Bertz CT molecular complexity index is 1800. The lowest BCUT2D eigenvalue weighted by Crippen LogP contribution is -2.70. The summed E-state index contributed by atoms with van der Waals surface area (Å²) in [5, 5.41) is 131. The van der Waals surface area contributed by atoms with Crippen LogP contribution in [0.2, 0.25) is 0 Å². The average Bonchev–Trinajstić information content (AvgIpc) is 3.30. The van der Waals surface area contributed by atoms with Crippen LogP contribution in [0, 0.1) is 50.2 Å². The SMILES string of the molecule is COC1C=C2C3CC(C)(C)CCC3(CO)C(O)C[C@@]2(C)[C@]2(C)CCC3[C@](C)(CCC(O[C@@H]4O[C@H](C)[C@H](O)[C@H](O[C@@H]5O[C@H](CO)[C@@H](O)[C@H](O)[C@H]5O)[C@H]4O[C@@H]4O[C@H](CO)[C@@H](O)[C@H](O)[C@H]4O)[C@@]3(C)CO)C12. The Morgan fingerprint density at radius 2 is 1.21 bits per heavy atom. The second-order valence-electron chi connectivity index (χ2n) is 23.8. The van der Waals surface area contributed by atoms with Crippen molar-refractivity contribution in [3.63, 3.8) is 0 Å².